The minimum absolute atomic E-state index is 0.168. The summed E-state index contributed by atoms with van der Waals surface area (Å²) in [6.45, 7) is 6.54. The number of benzene rings is 2. The first kappa shape index (κ1) is 18.9. The summed E-state index contributed by atoms with van der Waals surface area (Å²) < 4.78 is 12.6. The number of aryl methyl sites for hydroxylation is 1. The fourth-order valence-corrected chi connectivity index (χ4v) is 3.43. The van der Waals surface area contributed by atoms with Crippen LogP contribution >= 0.6 is 0 Å². The molecule has 2 N–H and O–H groups in total. The summed E-state index contributed by atoms with van der Waals surface area (Å²) >= 11 is 0. The zero-order valence-electron chi connectivity index (χ0n) is 16.7. The van der Waals surface area contributed by atoms with Crippen molar-refractivity contribution < 1.29 is 14.3 Å². The molecule has 0 saturated heterocycles. The standard InChI is InChI=1S/C22H24N4O3/c1-14(17-9-10-20-21(11-17)29-13-28-20)24-22(27)23-12-19-15(2)25-26(16(19)3)18-7-5-4-6-8-18/h4-11,14H,12-13H2,1-3H3,(H2,23,24,27)/t14-/m0/s1. The van der Waals surface area contributed by atoms with Gasteiger partial charge in [0.25, 0.3) is 0 Å². The Morgan fingerprint density at radius 2 is 1.90 bits per heavy atom. The highest BCUT2D eigenvalue weighted by Gasteiger charge is 2.18. The van der Waals surface area contributed by atoms with E-state index in [9.17, 15) is 4.79 Å². The minimum atomic E-state index is -0.235. The van der Waals surface area contributed by atoms with Crippen LogP contribution in [-0.2, 0) is 6.54 Å². The Morgan fingerprint density at radius 1 is 1.14 bits per heavy atom. The van der Waals surface area contributed by atoms with E-state index < -0.39 is 0 Å². The van der Waals surface area contributed by atoms with Crippen LogP contribution in [0.4, 0.5) is 4.79 Å². The molecule has 1 atom stereocenters. The molecule has 0 fully saturated rings. The number of ether oxygens (including phenoxy) is 2. The SMILES string of the molecule is Cc1nn(-c2ccccc2)c(C)c1CNC(=O)N[C@@H](C)c1ccc2c(c1)OCO2. The Kier molecular flexibility index (Phi) is 5.12. The van der Waals surface area contributed by atoms with Gasteiger partial charge in [-0.15, -0.1) is 0 Å². The van der Waals surface area contributed by atoms with Crippen molar-refractivity contribution in [2.75, 3.05) is 6.79 Å². The predicted molar refractivity (Wildman–Crippen MR) is 109 cm³/mol. The summed E-state index contributed by atoms with van der Waals surface area (Å²) in [5.74, 6) is 1.43. The molecule has 3 aromatic rings. The van der Waals surface area contributed by atoms with Gasteiger partial charge in [0.05, 0.1) is 17.4 Å². The van der Waals surface area contributed by atoms with Crippen LogP contribution in [0.2, 0.25) is 0 Å². The molecule has 0 spiro atoms. The number of amides is 2. The third-order valence-corrected chi connectivity index (χ3v) is 5.11. The lowest BCUT2D eigenvalue weighted by Gasteiger charge is -2.15. The molecule has 1 aliphatic rings. The van der Waals surface area contributed by atoms with Gasteiger partial charge in [-0.3, -0.25) is 0 Å². The number of carbonyl (C=O) groups is 1. The topological polar surface area (TPSA) is 77.4 Å². The first-order chi connectivity index (χ1) is 14.0. The molecule has 150 valence electrons. The van der Waals surface area contributed by atoms with Crippen LogP contribution in [0.3, 0.4) is 0 Å². The Hall–Kier alpha value is -3.48. The molecule has 0 unspecified atom stereocenters. The number of para-hydroxylation sites is 1. The fourth-order valence-electron chi connectivity index (χ4n) is 3.43. The first-order valence-corrected chi connectivity index (χ1v) is 9.57. The Labute approximate surface area is 169 Å². The van der Waals surface area contributed by atoms with E-state index in [1.165, 1.54) is 0 Å². The van der Waals surface area contributed by atoms with Gasteiger partial charge in [-0.05, 0) is 50.6 Å². The molecule has 29 heavy (non-hydrogen) atoms. The average molecular weight is 392 g/mol. The average Bonchev–Trinajstić information content (AvgIpc) is 3.30. The lowest BCUT2D eigenvalue weighted by molar-refractivity contribution is 0.174. The third-order valence-electron chi connectivity index (χ3n) is 5.11. The van der Waals surface area contributed by atoms with E-state index in [0.29, 0.717) is 12.3 Å². The van der Waals surface area contributed by atoms with Gasteiger partial charge in [0.15, 0.2) is 11.5 Å². The van der Waals surface area contributed by atoms with E-state index in [1.54, 1.807) is 0 Å². The Bertz CT molecular complexity index is 1030. The molecule has 2 amide bonds. The number of hydrogen-bond acceptors (Lipinski definition) is 4. The largest absolute Gasteiger partial charge is 0.454 e. The van der Waals surface area contributed by atoms with Crippen LogP contribution in [0.25, 0.3) is 5.69 Å². The first-order valence-electron chi connectivity index (χ1n) is 9.57. The van der Waals surface area contributed by atoms with Crippen LogP contribution in [0, 0.1) is 13.8 Å². The van der Waals surface area contributed by atoms with E-state index >= 15 is 0 Å². The van der Waals surface area contributed by atoms with Crippen molar-refractivity contribution in [1.29, 1.82) is 0 Å². The molecule has 0 saturated carbocycles. The van der Waals surface area contributed by atoms with E-state index in [1.807, 2.05) is 74.0 Å². The summed E-state index contributed by atoms with van der Waals surface area (Å²) in [5, 5.41) is 10.5. The van der Waals surface area contributed by atoms with Crippen molar-refractivity contribution >= 4 is 6.03 Å². The highest BCUT2D eigenvalue weighted by molar-refractivity contribution is 5.74. The van der Waals surface area contributed by atoms with Crippen molar-refractivity contribution in [3.63, 3.8) is 0 Å². The summed E-state index contributed by atoms with van der Waals surface area (Å²) in [7, 11) is 0. The van der Waals surface area contributed by atoms with Gasteiger partial charge < -0.3 is 20.1 Å². The van der Waals surface area contributed by atoms with Crippen LogP contribution in [0.15, 0.2) is 48.5 Å². The van der Waals surface area contributed by atoms with Gasteiger partial charge in [0.1, 0.15) is 0 Å². The normalized spacial score (nSPS) is 13.2. The molecule has 7 heteroatoms. The molecular weight excluding hydrogens is 368 g/mol. The monoisotopic (exact) mass is 392 g/mol. The van der Waals surface area contributed by atoms with Gasteiger partial charge in [-0.1, -0.05) is 24.3 Å². The van der Waals surface area contributed by atoms with Crippen molar-refractivity contribution in [2.45, 2.75) is 33.4 Å². The Balaban J connectivity index is 1.39. The molecule has 7 nitrogen and oxygen atoms in total. The molecule has 1 aliphatic heterocycles. The lowest BCUT2D eigenvalue weighted by Crippen LogP contribution is -2.36. The lowest BCUT2D eigenvalue weighted by atomic mass is 10.1. The van der Waals surface area contributed by atoms with Crippen molar-refractivity contribution in [1.82, 2.24) is 20.4 Å². The molecular formula is C22H24N4O3. The third kappa shape index (κ3) is 3.89. The summed E-state index contributed by atoms with van der Waals surface area (Å²) in [4.78, 5) is 12.4. The highest BCUT2D eigenvalue weighted by atomic mass is 16.7. The minimum Gasteiger partial charge on any atom is -0.454 e. The molecule has 0 radical (unpaired) electrons. The maximum Gasteiger partial charge on any atom is 0.315 e. The zero-order chi connectivity index (χ0) is 20.4. The van der Waals surface area contributed by atoms with E-state index in [4.69, 9.17) is 9.47 Å². The maximum atomic E-state index is 12.4. The summed E-state index contributed by atoms with van der Waals surface area (Å²) in [5.41, 5.74) is 4.88. The summed E-state index contributed by atoms with van der Waals surface area (Å²) in [6, 6.07) is 15.2. The highest BCUT2D eigenvalue weighted by Crippen LogP contribution is 2.34. The van der Waals surface area contributed by atoms with Crippen molar-refractivity contribution in [2.24, 2.45) is 0 Å². The molecule has 4 rings (SSSR count). The number of urea groups is 1. The molecule has 0 aliphatic carbocycles. The van der Waals surface area contributed by atoms with Gasteiger partial charge >= 0.3 is 6.03 Å². The molecule has 0 bridgehead atoms. The van der Waals surface area contributed by atoms with Crippen LogP contribution < -0.4 is 20.1 Å². The van der Waals surface area contributed by atoms with Crippen LogP contribution in [0.1, 0.15) is 35.5 Å². The quantitative estimate of drug-likeness (QED) is 0.693. The molecule has 2 aromatic carbocycles. The molecule has 1 aromatic heterocycles. The number of hydrogen-bond donors (Lipinski definition) is 2. The van der Waals surface area contributed by atoms with Crippen molar-refractivity contribution in [3.05, 3.63) is 71.0 Å². The second-order valence-electron chi connectivity index (χ2n) is 7.06. The van der Waals surface area contributed by atoms with Gasteiger partial charge in [-0.2, -0.15) is 5.10 Å². The van der Waals surface area contributed by atoms with Crippen LogP contribution in [-0.4, -0.2) is 22.6 Å². The van der Waals surface area contributed by atoms with Crippen molar-refractivity contribution in [3.8, 4) is 17.2 Å². The van der Waals surface area contributed by atoms with E-state index in [2.05, 4.69) is 15.7 Å². The zero-order valence-corrected chi connectivity index (χ0v) is 16.7. The number of carbonyl (C=O) groups excluding carboxylic acids is 1. The van der Waals surface area contributed by atoms with Gasteiger partial charge in [0, 0.05) is 17.8 Å². The second kappa shape index (κ2) is 7.87. The number of rotatable bonds is 5. The van der Waals surface area contributed by atoms with Gasteiger partial charge in [0.2, 0.25) is 6.79 Å². The maximum absolute atomic E-state index is 12.4. The summed E-state index contributed by atoms with van der Waals surface area (Å²) in [6.07, 6.45) is 0. The van der Waals surface area contributed by atoms with Gasteiger partial charge in [-0.25, -0.2) is 9.48 Å². The fraction of sp³-hybridized carbons (Fsp3) is 0.273. The van der Waals surface area contributed by atoms with E-state index in [0.717, 1.165) is 34.0 Å². The number of nitrogens with zero attached hydrogens (tertiary/aromatic N) is 2. The Morgan fingerprint density at radius 3 is 2.69 bits per heavy atom. The van der Waals surface area contributed by atoms with E-state index in [-0.39, 0.29) is 18.9 Å². The predicted octanol–water partition coefficient (Wildman–Crippen LogP) is 3.78. The number of nitrogens with one attached hydrogen (secondary N) is 2. The number of aromatic nitrogens is 2. The number of fused-ring (bicyclic) bond motifs is 1. The smallest absolute Gasteiger partial charge is 0.315 e. The second-order valence-corrected chi connectivity index (χ2v) is 7.06. The molecule has 2 heterocycles. The van der Waals surface area contributed by atoms with Crippen LogP contribution in [0.5, 0.6) is 11.5 Å².